The molecule has 1 unspecified atom stereocenters. The number of aliphatic carboxylic acids is 1. The van der Waals surface area contributed by atoms with Crippen LogP contribution < -0.4 is 5.32 Å². The first-order valence-corrected chi connectivity index (χ1v) is 7.86. The van der Waals surface area contributed by atoms with Crippen LogP contribution in [0.3, 0.4) is 0 Å². The van der Waals surface area contributed by atoms with E-state index in [0.29, 0.717) is 19.4 Å². The topological polar surface area (TPSA) is 130 Å². The Hall–Kier alpha value is -2.97. The fraction of sp³-hybridized carbons (Fsp3) is 0.438. The second-order valence-electron chi connectivity index (χ2n) is 5.96. The Morgan fingerprint density at radius 2 is 2.12 bits per heavy atom. The monoisotopic (exact) mass is 349 g/mol. The molecule has 0 spiro atoms. The zero-order chi connectivity index (χ0) is 18.6. The van der Waals surface area contributed by atoms with Gasteiger partial charge in [0.05, 0.1) is 10.8 Å². The Balaban J connectivity index is 2.00. The van der Waals surface area contributed by atoms with Crippen LogP contribution in [0.15, 0.2) is 24.3 Å². The summed E-state index contributed by atoms with van der Waals surface area (Å²) in [5, 5.41) is 22.3. The van der Waals surface area contributed by atoms with Gasteiger partial charge in [-0.15, -0.1) is 0 Å². The number of amides is 2. The molecule has 0 radical (unpaired) electrons. The molecular formula is C16H19N3O6. The van der Waals surface area contributed by atoms with Gasteiger partial charge in [-0.1, -0.05) is 6.07 Å². The molecule has 1 aromatic carbocycles. The number of benzene rings is 1. The molecule has 0 saturated carbocycles. The number of carbonyl (C=O) groups excluding carboxylic acids is 2. The van der Waals surface area contributed by atoms with E-state index in [-0.39, 0.29) is 23.7 Å². The molecule has 2 atom stereocenters. The molecule has 1 saturated heterocycles. The molecule has 1 aliphatic rings. The minimum atomic E-state index is -0.939. The summed E-state index contributed by atoms with van der Waals surface area (Å²) in [6.45, 7) is 2.06. The number of carboxylic acids is 1. The molecule has 0 aliphatic carbocycles. The van der Waals surface area contributed by atoms with Gasteiger partial charge in [0.15, 0.2) is 0 Å². The molecule has 2 rings (SSSR count). The van der Waals surface area contributed by atoms with Crippen molar-refractivity contribution in [3.05, 3.63) is 39.9 Å². The Bertz CT molecular complexity index is 705. The third-order valence-electron chi connectivity index (χ3n) is 4.12. The predicted molar refractivity (Wildman–Crippen MR) is 87.0 cm³/mol. The number of likely N-dealkylation sites (tertiary alicyclic amines) is 1. The zero-order valence-electron chi connectivity index (χ0n) is 13.7. The van der Waals surface area contributed by atoms with Gasteiger partial charge in [0.1, 0.15) is 6.04 Å². The maximum absolute atomic E-state index is 12.4. The normalized spacial score (nSPS) is 18.3. The maximum atomic E-state index is 12.4. The van der Waals surface area contributed by atoms with E-state index in [1.165, 1.54) is 30.0 Å². The van der Waals surface area contributed by atoms with Gasteiger partial charge in [-0.2, -0.15) is 0 Å². The van der Waals surface area contributed by atoms with Crippen LogP contribution in [0.4, 0.5) is 5.69 Å². The molecule has 2 N–H and O–H groups in total. The highest BCUT2D eigenvalue weighted by atomic mass is 16.6. The van der Waals surface area contributed by atoms with E-state index in [1.54, 1.807) is 0 Å². The SMILES string of the molecule is CC(NC(=O)c1cccc([N+](=O)[O-])c1)C(=O)N1CCC[C@H](C(=O)O)C1. The van der Waals surface area contributed by atoms with E-state index in [1.807, 2.05) is 0 Å². The van der Waals surface area contributed by atoms with Gasteiger partial charge < -0.3 is 15.3 Å². The van der Waals surface area contributed by atoms with Crippen molar-refractivity contribution in [2.24, 2.45) is 5.92 Å². The van der Waals surface area contributed by atoms with Crippen LogP contribution in [0.1, 0.15) is 30.1 Å². The molecule has 134 valence electrons. The zero-order valence-corrected chi connectivity index (χ0v) is 13.7. The van der Waals surface area contributed by atoms with Crippen LogP contribution in [0, 0.1) is 16.0 Å². The van der Waals surface area contributed by atoms with Crippen molar-refractivity contribution in [2.45, 2.75) is 25.8 Å². The number of hydrogen-bond acceptors (Lipinski definition) is 5. The average Bonchev–Trinajstić information content (AvgIpc) is 2.61. The van der Waals surface area contributed by atoms with Crippen molar-refractivity contribution in [1.29, 1.82) is 0 Å². The number of nitrogens with one attached hydrogen (secondary N) is 1. The summed E-state index contributed by atoms with van der Waals surface area (Å²) in [6.07, 6.45) is 1.11. The van der Waals surface area contributed by atoms with Crippen LogP contribution in [-0.2, 0) is 9.59 Å². The lowest BCUT2D eigenvalue weighted by atomic mass is 9.98. The van der Waals surface area contributed by atoms with Crippen molar-refractivity contribution in [2.75, 3.05) is 13.1 Å². The molecular weight excluding hydrogens is 330 g/mol. The number of carboxylic acid groups (broad SMARTS) is 1. The van der Waals surface area contributed by atoms with Gasteiger partial charge in [-0.05, 0) is 25.8 Å². The number of nitrogens with zero attached hydrogens (tertiary/aromatic N) is 2. The standard InChI is InChI=1S/C16H19N3O6/c1-10(15(21)18-7-3-5-12(9-18)16(22)23)17-14(20)11-4-2-6-13(8-11)19(24)25/h2,4,6,8,10,12H,3,5,7,9H2,1H3,(H,17,20)(H,22,23)/t10?,12-/m0/s1. The fourth-order valence-corrected chi connectivity index (χ4v) is 2.76. The van der Waals surface area contributed by atoms with Gasteiger partial charge in [-0.25, -0.2) is 0 Å². The second-order valence-corrected chi connectivity index (χ2v) is 5.96. The van der Waals surface area contributed by atoms with Crippen molar-refractivity contribution in [3.8, 4) is 0 Å². The van der Waals surface area contributed by atoms with Crippen LogP contribution in [0.5, 0.6) is 0 Å². The summed E-state index contributed by atoms with van der Waals surface area (Å²) in [5.41, 5.74) is -0.136. The van der Waals surface area contributed by atoms with Gasteiger partial charge >= 0.3 is 5.97 Å². The summed E-state index contributed by atoms with van der Waals surface area (Å²) in [4.78, 5) is 47.3. The molecule has 1 heterocycles. The smallest absolute Gasteiger partial charge is 0.308 e. The first-order chi connectivity index (χ1) is 11.8. The third-order valence-corrected chi connectivity index (χ3v) is 4.12. The lowest BCUT2D eigenvalue weighted by Gasteiger charge is -2.32. The highest BCUT2D eigenvalue weighted by molar-refractivity contribution is 5.97. The Kier molecular flexibility index (Phi) is 5.68. The number of nitro groups is 1. The third kappa shape index (κ3) is 4.52. The number of carbonyl (C=O) groups is 3. The average molecular weight is 349 g/mol. The highest BCUT2D eigenvalue weighted by Crippen LogP contribution is 2.18. The summed E-state index contributed by atoms with van der Waals surface area (Å²) in [5.74, 6) is -2.51. The van der Waals surface area contributed by atoms with Gasteiger partial charge in [0.2, 0.25) is 5.91 Å². The minimum Gasteiger partial charge on any atom is -0.481 e. The van der Waals surface area contributed by atoms with E-state index >= 15 is 0 Å². The fourth-order valence-electron chi connectivity index (χ4n) is 2.76. The van der Waals surface area contributed by atoms with Gasteiger partial charge in [0.25, 0.3) is 11.6 Å². The lowest BCUT2D eigenvalue weighted by Crippen LogP contribution is -2.50. The highest BCUT2D eigenvalue weighted by Gasteiger charge is 2.30. The molecule has 1 aliphatic heterocycles. The summed E-state index contributed by atoms with van der Waals surface area (Å²) >= 11 is 0. The van der Waals surface area contributed by atoms with Crippen LogP contribution in [-0.4, -0.2) is 51.8 Å². The first kappa shape index (κ1) is 18.4. The number of non-ortho nitro benzene ring substituents is 1. The van der Waals surface area contributed by atoms with E-state index in [4.69, 9.17) is 5.11 Å². The number of rotatable bonds is 5. The van der Waals surface area contributed by atoms with Crippen LogP contribution in [0.25, 0.3) is 0 Å². The summed E-state index contributed by atoms with van der Waals surface area (Å²) in [6, 6.07) is 4.35. The second kappa shape index (κ2) is 7.73. The molecule has 0 aromatic heterocycles. The van der Waals surface area contributed by atoms with Gasteiger partial charge in [-0.3, -0.25) is 24.5 Å². The quantitative estimate of drug-likeness (QED) is 0.603. The Morgan fingerprint density at radius 1 is 1.40 bits per heavy atom. The molecule has 0 bridgehead atoms. The van der Waals surface area contributed by atoms with Crippen LogP contribution >= 0.6 is 0 Å². The molecule has 9 nitrogen and oxygen atoms in total. The van der Waals surface area contributed by atoms with Crippen molar-refractivity contribution < 1.29 is 24.4 Å². The van der Waals surface area contributed by atoms with E-state index in [0.717, 1.165) is 6.07 Å². The first-order valence-electron chi connectivity index (χ1n) is 7.86. The molecule has 2 amide bonds. The van der Waals surface area contributed by atoms with Crippen molar-refractivity contribution >= 4 is 23.5 Å². The van der Waals surface area contributed by atoms with Crippen molar-refractivity contribution in [1.82, 2.24) is 10.2 Å². The number of hydrogen-bond donors (Lipinski definition) is 2. The number of piperidine rings is 1. The molecule has 9 heteroatoms. The van der Waals surface area contributed by atoms with E-state index < -0.39 is 28.8 Å². The molecule has 1 fully saturated rings. The summed E-state index contributed by atoms with van der Waals surface area (Å²) < 4.78 is 0. The largest absolute Gasteiger partial charge is 0.481 e. The van der Waals surface area contributed by atoms with E-state index in [2.05, 4.69) is 5.32 Å². The predicted octanol–water partition coefficient (Wildman–Crippen LogP) is 1.04. The van der Waals surface area contributed by atoms with Crippen LogP contribution in [0.2, 0.25) is 0 Å². The minimum absolute atomic E-state index is 0.0795. The van der Waals surface area contributed by atoms with Gasteiger partial charge in [0, 0.05) is 30.8 Å². The molecule has 25 heavy (non-hydrogen) atoms. The molecule has 1 aromatic rings. The van der Waals surface area contributed by atoms with Crippen molar-refractivity contribution in [3.63, 3.8) is 0 Å². The number of nitro benzene ring substituents is 1. The summed E-state index contributed by atoms with van der Waals surface area (Å²) in [7, 11) is 0. The maximum Gasteiger partial charge on any atom is 0.308 e. The Labute approximate surface area is 143 Å². The Morgan fingerprint density at radius 3 is 2.76 bits per heavy atom. The lowest BCUT2D eigenvalue weighted by molar-refractivity contribution is -0.384. The van der Waals surface area contributed by atoms with E-state index in [9.17, 15) is 24.5 Å².